The highest BCUT2D eigenvalue weighted by Crippen LogP contribution is 2.24. The molecule has 0 fully saturated rings. The van der Waals surface area contributed by atoms with E-state index in [0.29, 0.717) is 16.1 Å². The summed E-state index contributed by atoms with van der Waals surface area (Å²) >= 11 is 12.0. The van der Waals surface area contributed by atoms with Gasteiger partial charge in [-0.1, -0.05) is 53.5 Å². The minimum absolute atomic E-state index is 0.541. The number of benzene rings is 2. The molecule has 1 aliphatic rings. The molecule has 3 heteroatoms. The van der Waals surface area contributed by atoms with E-state index < -0.39 is 0 Å². The Morgan fingerprint density at radius 3 is 2.60 bits per heavy atom. The maximum Gasteiger partial charge on any atom is 0.0595 e. The van der Waals surface area contributed by atoms with E-state index in [1.165, 1.54) is 23.1 Å². The summed E-state index contributed by atoms with van der Waals surface area (Å²) in [4.78, 5) is 0. The number of hydrogen-bond acceptors (Lipinski definition) is 1. The number of fused-ring (bicyclic) bond motifs is 1. The van der Waals surface area contributed by atoms with Crippen molar-refractivity contribution in [1.82, 2.24) is 5.32 Å². The Morgan fingerprint density at radius 2 is 1.80 bits per heavy atom. The fourth-order valence-corrected chi connectivity index (χ4v) is 3.10. The molecule has 1 aliphatic carbocycles. The molecule has 1 unspecified atom stereocenters. The summed E-state index contributed by atoms with van der Waals surface area (Å²) in [6, 6.07) is 15.1. The quantitative estimate of drug-likeness (QED) is 0.871. The van der Waals surface area contributed by atoms with Gasteiger partial charge in [0.1, 0.15) is 0 Å². The molecule has 0 heterocycles. The second kappa shape index (κ2) is 6.17. The van der Waals surface area contributed by atoms with Crippen LogP contribution in [0.1, 0.15) is 23.1 Å². The zero-order chi connectivity index (χ0) is 13.9. The normalized spacial score (nSPS) is 17.8. The molecular weight excluding hydrogens is 289 g/mol. The molecule has 104 valence electrons. The lowest BCUT2D eigenvalue weighted by atomic mass is 9.88. The number of hydrogen-bond donors (Lipinski definition) is 1. The molecule has 0 saturated carbocycles. The summed E-state index contributed by atoms with van der Waals surface area (Å²) in [6.07, 6.45) is 3.46. The SMILES string of the molecule is Clc1ccc(CNC2CCc3ccccc3C2)cc1Cl. The Labute approximate surface area is 129 Å². The van der Waals surface area contributed by atoms with Crippen molar-refractivity contribution in [3.63, 3.8) is 0 Å². The first-order valence-electron chi connectivity index (χ1n) is 6.96. The minimum Gasteiger partial charge on any atom is -0.310 e. The van der Waals surface area contributed by atoms with Crippen LogP contribution in [-0.2, 0) is 19.4 Å². The zero-order valence-electron chi connectivity index (χ0n) is 11.2. The standard InChI is InChI=1S/C17H17Cl2N/c18-16-8-5-12(9-17(16)19)11-20-15-7-6-13-3-1-2-4-14(13)10-15/h1-5,8-9,15,20H,6-7,10-11H2. The van der Waals surface area contributed by atoms with Crippen molar-refractivity contribution in [2.45, 2.75) is 31.8 Å². The van der Waals surface area contributed by atoms with Crippen LogP contribution in [0.25, 0.3) is 0 Å². The van der Waals surface area contributed by atoms with Crippen molar-refractivity contribution in [1.29, 1.82) is 0 Å². The lowest BCUT2D eigenvalue weighted by Crippen LogP contribution is -2.34. The predicted molar refractivity (Wildman–Crippen MR) is 85.6 cm³/mol. The summed E-state index contributed by atoms with van der Waals surface area (Å²) in [5.41, 5.74) is 4.16. The van der Waals surface area contributed by atoms with Gasteiger partial charge in [0.15, 0.2) is 0 Å². The Hall–Kier alpha value is -1.02. The average molecular weight is 306 g/mol. The van der Waals surface area contributed by atoms with Gasteiger partial charge in [-0.05, 0) is 48.1 Å². The molecule has 0 saturated heterocycles. The second-order valence-electron chi connectivity index (χ2n) is 5.34. The Balaban J connectivity index is 1.61. The zero-order valence-corrected chi connectivity index (χ0v) is 12.7. The average Bonchev–Trinajstić information content (AvgIpc) is 2.48. The summed E-state index contributed by atoms with van der Waals surface area (Å²) in [5, 5.41) is 4.86. The summed E-state index contributed by atoms with van der Waals surface area (Å²) < 4.78 is 0. The van der Waals surface area contributed by atoms with Crippen molar-refractivity contribution >= 4 is 23.2 Å². The first-order chi connectivity index (χ1) is 9.72. The van der Waals surface area contributed by atoms with Gasteiger partial charge >= 0.3 is 0 Å². The van der Waals surface area contributed by atoms with Crippen LogP contribution >= 0.6 is 23.2 Å². The molecule has 2 aromatic rings. The van der Waals surface area contributed by atoms with Crippen LogP contribution in [0.15, 0.2) is 42.5 Å². The number of aryl methyl sites for hydroxylation is 1. The van der Waals surface area contributed by atoms with Crippen molar-refractivity contribution in [2.75, 3.05) is 0 Å². The van der Waals surface area contributed by atoms with Gasteiger partial charge in [0, 0.05) is 12.6 Å². The molecule has 0 spiro atoms. The van der Waals surface area contributed by atoms with Crippen LogP contribution in [0.5, 0.6) is 0 Å². The van der Waals surface area contributed by atoms with Crippen LogP contribution in [0.4, 0.5) is 0 Å². The summed E-state index contributed by atoms with van der Waals surface area (Å²) in [7, 11) is 0. The van der Waals surface area contributed by atoms with Crippen molar-refractivity contribution < 1.29 is 0 Å². The second-order valence-corrected chi connectivity index (χ2v) is 6.15. The third-order valence-electron chi connectivity index (χ3n) is 3.93. The van der Waals surface area contributed by atoms with E-state index in [0.717, 1.165) is 19.4 Å². The summed E-state index contributed by atoms with van der Waals surface area (Å²) in [5.74, 6) is 0. The van der Waals surface area contributed by atoms with Gasteiger partial charge < -0.3 is 5.32 Å². The van der Waals surface area contributed by atoms with Gasteiger partial charge in [-0.15, -0.1) is 0 Å². The van der Waals surface area contributed by atoms with Crippen molar-refractivity contribution in [2.24, 2.45) is 0 Å². The molecule has 0 aliphatic heterocycles. The van der Waals surface area contributed by atoms with E-state index in [-0.39, 0.29) is 0 Å². The fraction of sp³-hybridized carbons (Fsp3) is 0.294. The summed E-state index contributed by atoms with van der Waals surface area (Å²) in [6.45, 7) is 0.837. The van der Waals surface area contributed by atoms with Crippen LogP contribution < -0.4 is 5.32 Å². The van der Waals surface area contributed by atoms with E-state index in [4.69, 9.17) is 23.2 Å². The molecule has 20 heavy (non-hydrogen) atoms. The number of rotatable bonds is 3. The Bertz CT molecular complexity index is 610. The molecule has 2 aromatic carbocycles. The lowest BCUT2D eigenvalue weighted by molar-refractivity contribution is 0.457. The molecule has 0 bridgehead atoms. The van der Waals surface area contributed by atoms with Gasteiger partial charge in [-0.3, -0.25) is 0 Å². The minimum atomic E-state index is 0.541. The van der Waals surface area contributed by atoms with E-state index >= 15 is 0 Å². The van der Waals surface area contributed by atoms with E-state index in [2.05, 4.69) is 29.6 Å². The highest BCUT2D eigenvalue weighted by molar-refractivity contribution is 6.42. The van der Waals surface area contributed by atoms with Gasteiger partial charge in [0.05, 0.1) is 10.0 Å². The molecular formula is C17H17Cl2N. The van der Waals surface area contributed by atoms with Crippen LogP contribution in [0.3, 0.4) is 0 Å². The van der Waals surface area contributed by atoms with Gasteiger partial charge in [0.25, 0.3) is 0 Å². The van der Waals surface area contributed by atoms with E-state index in [1.807, 2.05) is 18.2 Å². The Kier molecular flexibility index (Phi) is 4.30. The van der Waals surface area contributed by atoms with Crippen LogP contribution in [0.2, 0.25) is 10.0 Å². The molecule has 3 rings (SSSR count). The van der Waals surface area contributed by atoms with Crippen molar-refractivity contribution in [3.8, 4) is 0 Å². The monoisotopic (exact) mass is 305 g/mol. The number of halogens is 2. The van der Waals surface area contributed by atoms with Crippen LogP contribution in [-0.4, -0.2) is 6.04 Å². The molecule has 1 atom stereocenters. The third-order valence-corrected chi connectivity index (χ3v) is 4.66. The molecule has 0 radical (unpaired) electrons. The largest absolute Gasteiger partial charge is 0.310 e. The van der Waals surface area contributed by atoms with Crippen LogP contribution in [0, 0.1) is 0 Å². The third kappa shape index (κ3) is 3.17. The van der Waals surface area contributed by atoms with Gasteiger partial charge in [-0.2, -0.15) is 0 Å². The molecule has 0 amide bonds. The number of nitrogens with one attached hydrogen (secondary N) is 1. The van der Waals surface area contributed by atoms with Gasteiger partial charge in [0.2, 0.25) is 0 Å². The highest BCUT2D eigenvalue weighted by atomic mass is 35.5. The highest BCUT2D eigenvalue weighted by Gasteiger charge is 2.17. The van der Waals surface area contributed by atoms with Gasteiger partial charge in [-0.25, -0.2) is 0 Å². The lowest BCUT2D eigenvalue weighted by Gasteiger charge is -2.25. The van der Waals surface area contributed by atoms with E-state index in [9.17, 15) is 0 Å². The molecule has 1 N–H and O–H groups in total. The maximum absolute atomic E-state index is 6.04. The first kappa shape index (κ1) is 13.9. The predicted octanol–water partition coefficient (Wildman–Crippen LogP) is 4.64. The van der Waals surface area contributed by atoms with Crippen molar-refractivity contribution in [3.05, 3.63) is 69.2 Å². The molecule has 1 nitrogen and oxygen atoms in total. The Morgan fingerprint density at radius 1 is 1.00 bits per heavy atom. The molecule has 0 aromatic heterocycles. The maximum atomic E-state index is 6.04. The smallest absolute Gasteiger partial charge is 0.0595 e. The topological polar surface area (TPSA) is 12.0 Å². The van der Waals surface area contributed by atoms with E-state index in [1.54, 1.807) is 0 Å². The first-order valence-corrected chi connectivity index (χ1v) is 7.72. The fourth-order valence-electron chi connectivity index (χ4n) is 2.78.